The summed E-state index contributed by atoms with van der Waals surface area (Å²) in [6.45, 7) is 6.49. The highest BCUT2D eigenvalue weighted by Gasteiger charge is 2.47. The number of nitro benzene ring substituents is 1. The van der Waals surface area contributed by atoms with Gasteiger partial charge in [-0.2, -0.15) is 0 Å². The lowest BCUT2D eigenvalue weighted by Gasteiger charge is -2.26. The lowest BCUT2D eigenvalue weighted by molar-refractivity contribution is -0.384. The quantitative estimate of drug-likeness (QED) is 0.154. The summed E-state index contributed by atoms with van der Waals surface area (Å²) < 4.78 is 5.76. The number of amides is 1. The molecule has 0 radical (unpaired) electrons. The predicted octanol–water partition coefficient (Wildman–Crippen LogP) is 5.56. The Morgan fingerprint density at radius 2 is 1.75 bits per heavy atom. The van der Waals surface area contributed by atoms with E-state index in [2.05, 4.69) is 0 Å². The molecule has 3 aromatic carbocycles. The van der Waals surface area contributed by atoms with Crippen molar-refractivity contribution in [2.75, 3.05) is 11.5 Å². The van der Waals surface area contributed by atoms with Crippen LogP contribution >= 0.6 is 0 Å². The van der Waals surface area contributed by atoms with E-state index >= 15 is 0 Å². The minimum absolute atomic E-state index is 0.0772. The van der Waals surface area contributed by atoms with E-state index in [-0.39, 0.29) is 16.8 Å². The number of hydrogen-bond acceptors (Lipinski definition) is 6. The molecule has 1 atom stereocenters. The molecule has 0 aromatic heterocycles. The number of benzene rings is 3. The molecule has 4 rings (SSSR count). The van der Waals surface area contributed by atoms with Crippen molar-refractivity contribution in [1.82, 2.24) is 0 Å². The van der Waals surface area contributed by atoms with Gasteiger partial charge in [0.25, 0.3) is 17.4 Å². The fourth-order valence-electron chi connectivity index (χ4n) is 4.12. The molecule has 184 valence electrons. The number of carbonyl (C=O) groups is 2. The topological polar surface area (TPSA) is 110 Å². The Morgan fingerprint density at radius 3 is 2.39 bits per heavy atom. The van der Waals surface area contributed by atoms with Crippen molar-refractivity contribution < 1.29 is 24.4 Å². The summed E-state index contributed by atoms with van der Waals surface area (Å²) in [5.41, 5.74) is 1.67. The van der Waals surface area contributed by atoms with Gasteiger partial charge in [0.2, 0.25) is 0 Å². The number of anilines is 1. The zero-order chi connectivity index (χ0) is 26.0. The van der Waals surface area contributed by atoms with Crippen molar-refractivity contribution in [1.29, 1.82) is 0 Å². The normalized spacial score (nSPS) is 17.0. The molecule has 1 aliphatic rings. The Morgan fingerprint density at radius 1 is 1.06 bits per heavy atom. The maximum absolute atomic E-state index is 13.3. The van der Waals surface area contributed by atoms with E-state index in [0.29, 0.717) is 29.5 Å². The maximum atomic E-state index is 13.3. The molecule has 1 unspecified atom stereocenters. The number of ether oxygens (including phenoxy) is 1. The lowest BCUT2D eigenvalue weighted by Crippen LogP contribution is -2.29. The first-order valence-electron chi connectivity index (χ1n) is 11.5. The SMILES string of the molecule is Cc1cccc(N2C(=O)C(=O)/C(=C(\O)c3cccc([N+](=O)[O-])c3)C2c2ccc(OCC(C)C)cc2)c1. The highest BCUT2D eigenvalue weighted by molar-refractivity contribution is 6.51. The average Bonchev–Trinajstić information content (AvgIpc) is 3.13. The monoisotopic (exact) mass is 486 g/mol. The first-order valence-corrected chi connectivity index (χ1v) is 11.5. The highest BCUT2D eigenvalue weighted by Crippen LogP contribution is 2.42. The summed E-state index contributed by atoms with van der Waals surface area (Å²) in [6, 6.07) is 18.6. The van der Waals surface area contributed by atoms with Crippen LogP contribution < -0.4 is 9.64 Å². The van der Waals surface area contributed by atoms with Gasteiger partial charge in [0.1, 0.15) is 11.5 Å². The summed E-state index contributed by atoms with van der Waals surface area (Å²) in [4.78, 5) is 38.6. The first kappa shape index (κ1) is 24.7. The van der Waals surface area contributed by atoms with Crippen molar-refractivity contribution in [3.8, 4) is 5.75 Å². The Bertz CT molecular complexity index is 1360. The molecule has 1 aliphatic heterocycles. The molecule has 1 fully saturated rings. The maximum Gasteiger partial charge on any atom is 0.300 e. The van der Waals surface area contributed by atoms with Crippen molar-refractivity contribution >= 4 is 28.8 Å². The van der Waals surface area contributed by atoms with Gasteiger partial charge in [0, 0.05) is 23.4 Å². The lowest BCUT2D eigenvalue weighted by atomic mass is 9.95. The second kappa shape index (κ2) is 10.0. The molecule has 8 nitrogen and oxygen atoms in total. The first-order chi connectivity index (χ1) is 17.2. The third kappa shape index (κ3) is 4.84. The van der Waals surface area contributed by atoms with Crippen LogP contribution in [0.15, 0.2) is 78.4 Å². The Balaban J connectivity index is 1.87. The summed E-state index contributed by atoms with van der Waals surface area (Å²) in [5.74, 6) is -1.16. The van der Waals surface area contributed by atoms with Crippen molar-refractivity contribution in [3.63, 3.8) is 0 Å². The second-order valence-corrected chi connectivity index (χ2v) is 9.09. The minimum atomic E-state index is -0.940. The smallest absolute Gasteiger partial charge is 0.300 e. The van der Waals surface area contributed by atoms with Crippen LogP contribution in [0.1, 0.15) is 36.6 Å². The van der Waals surface area contributed by atoms with Crippen LogP contribution in [0.3, 0.4) is 0 Å². The standard InChI is InChI=1S/C28H26N2O6/c1-17(2)16-36-23-12-10-19(11-13-23)25-24(26(31)20-7-5-9-22(15-20)30(34)35)27(32)28(33)29(25)21-8-4-6-18(3)14-21/h4-15,17,25,31H,16H2,1-3H3/b26-24-. The number of nitro groups is 1. The molecular weight excluding hydrogens is 460 g/mol. The van der Waals surface area contributed by atoms with Gasteiger partial charge < -0.3 is 9.84 Å². The van der Waals surface area contributed by atoms with Crippen molar-refractivity contribution in [2.45, 2.75) is 26.8 Å². The molecule has 1 saturated heterocycles. The Labute approximate surface area is 208 Å². The number of Topliss-reactive ketones (excluding diaryl/α,β-unsaturated/α-hetero) is 1. The molecule has 8 heteroatoms. The summed E-state index contributed by atoms with van der Waals surface area (Å²) >= 11 is 0. The number of non-ortho nitro benzene ring substituents is 1. The molecule has 36 heavy (non-hydrogen) atoms. The van der Waals surface area contributed by atoms with E-state index in [4.69, 9.17) is 4.74 Å². The van der Waals surface area contributed by atoms with Gasteiger partial charge in [-0.25, -0.2) is 0 Å². The predicted molar refractivity (Wildman–Crippen MR) is 136 cm³/mol. The molecule has 1 N–H and O–H groups in total. The van der Waals surface area contributed by atoms with Crippen LogP contribution in [0.2, 0.25) is 0 Å². The molecule has 1 amide bonds. The van der Waals surface area contributed by atoms with Crippen LogP contribution in [-0.2, 0) is 9.59 Å². The van der Waals surface area contributed by atoms with Gasteiger partial charge in [-0.3, -0.25) is 24.6 Å². The molecule has 0 spiro atoms. The van der Waals surface area contributed by atoms with Gasteiger partial charge in [0.15, 0.2) is 0 Å². The third-order valence-corrected chi connectivity index (χ3v) is 5.83. The van der Waals surface area contributed by atoms with Crippen LogP contribution in [-0.4, -0.2) is 28.3 Å². The summed E-state index contributed by atoms with van der Waals surface area (Å²) in [6.07, 6.45) is 0. The summed E-state index contributed by atoms with van der Waals surface area (Å²) in [5, 5.41) is 22.5. The minimum Gasteiger partial charge on any atom is -0.507 e. The number of rotatable bonds is 7. The van der Waals surface area contributed by atoms with E-state index in [1.807, 2.05) is 26.8 Å². The number of nitrogens with zero attached hydrogens (tertiary/aromatic N) is 2. The third-order valence-electron chi connectivity index (χ3n) is 5.83. The van der Waals surface area contributed by atoms with E-state index < -0.39 is 28.4 Å². The molecule has 0 bridgehead atoms. The largest absolute Gasteiger partial charge is 0.507 e. The molecule has 3 aromatic rings. The van der Waals surface area contributed by atoms with Gasteiger partial charge in [0.05, 0.1) is 23.1 Å². The van der Waals surface area contributed by atoms with Crippen molar-refractivity contribution in [3.05, 3.63) is 105 Å². The van der Waals surface area contributed by atoms with Crippen LogP contribution in [0, 0.1) is 23.0 Å². The fraction of sp³-hybridized carbons (Fsp3) is 0.214. The number of aryl methyl sites for hydroxylation is 1. The number of aliphatic hydroxyl groups excluding tert-OH is 1. The van der Waals surface area contributed by atoms with Gasteiger partial charge >= 0.3 is 0 Å². The van der Waals surface area contributed by atoms with Gasteiger partial charge in [-0.15, -0.1) is 0 Å². The van der Waals surface area contributed by atoms with Gasteiger partial charge in [-0.1, -0.05) is 50.2 Å². The molecular formula is C28H26N2O6. The number of hydrogen-bond donors (Lipinski definition) is 1. The molecule has 1 heterocycles. The number of ketones is 1. The zero-order valence-electron chi connectivity index (χ0n) is 20.2. The second-order valence-electron chi connectivity index (χ2n) is 9.09. The zero-order valence-corrected chi connectivity index (χ0v) is 20.2. The Kier molecular flexibility index (Phi) is 6.87. The molecule has 0 aliphatic carbocycles. The van der Waals surface area contributed by atoms with Gasteiger partial charge in [-0.05, 0) is 48.2 Å². The average molecular weight is 487 g/mol. The molecule has 0 saturated carbocycles. The van der Waals surface area contributed by atoms with Crippen LogP contribution in [0.25, 0.3) is 5.76 Å². The van der Waals surface area contributed by atoms with E-state index in [1.54, 1.807) is 42.5 Å². The highest BCUT2D eigenvalue weighted by atomic mass is 16.6. The van der Waals surface area contributed by atoms with E-state index in [9.17, 15) is 24.8 Å². The number of aliphatic hydroxyl groups is 1. The number of carbonyl (C=O) groups excluding carboxylic acids is 2. The van der Waals surface area contributed by atoms with Crippen LogP contribution in [0.5, 0.6) is 5.75 Å². The van der Waals surface area contributed by atoms with E-state index in [1.165, 1.54) is 29.2 Å². The fourth-order valence-corrected chi connectivity index (χ4v) is 4.12. The van der Waals surface area contributed by atoms with E-state index in [0.717, 1.165) is 5.56 Å². The summed E-state index contributed by atoms with van der Waals surface area (Å²) in [7, 11) is 0. The van der Waals surface area contributed by atoms with Crippen molar-refractivity contribution in [2.24, 2.45) is 5.92 Å². The Hall–Kier alpha value is -4.46. The van der Waals surface area contributed by atoms with Crippen LogP contribution in [0.4, 0.5) is 11.4 Å².